The van der Waals surface area contributed by atoms with Gasteiger partial charge in [-0.15, -0.1) is 12.4 Å². The molecule has 0 aliphatic carbocycles. The first-order chi connectivity index (χ1) is 16.2. The average molecular weight is 517 g/mol. The van der Waals surface area contributed by atoms with Gasteiger partial charge in [0.25, 0.3) is 10.0 Å². The summed E-state index contributed by atoms with van der Waals surface area (Å²) in [5.74, 6) is 1.34. The fraction of sp³-hybridized carbons (Fsp3) is 0.333. The molecule has 0 amide bonds. The molecule has 188 valence electrons. The number of fused-ring (bicyclic) bond motifs is 1. The van der Waals surface area contributed by atoms with E-state index >= 15 is 0 Å². The molecule has 0 saturated heterocycles. The van der Waals surface area contributed by atoms with Crippen LogP contribution in [0.3, 0.4) is 0 Å². The van der Waals surface area contributed by atoms with Crippen molar-refractivity contribution in [2.45, 2.75) is 37.7 Å². The van der Waals surface area contributed by atoms with Crippen LogP contribution >= 0.6 is 12.4 Å². The zero-order chi connectivity index (χ0) is 24.3. The van der Waals surface area contributed by atoms with E-state index in [1.807, 2.05) is 62.4 Å². The van der Waals surface area contributed by atoms with E-state index < -0.39 is 10.0 Å². The molecule has 35 heavy (non-hydrogen) atoms. The maximum absolute atomic E-state index is 13.3. The van der Waals surface area contributed by atoms with Crippen molar-refractivity contribution < 1.29 is 17.9 Å². The van der Waals surface area contributed by atoms with Crippen LogP contribution in [-0.2, 0) is 22.9 Å². The van der Waals surface area contributed by atoms with Crippen LogP contribution in [0.1, 0.15) is 25.0 Å². The number of methoxy groups -OCH3 is 1. The summed E-state index contributed by atoms with van der Waals surface area (Å²) >= 11 is 0. The molecule has 0 fully saturated rings. The second-order valence-electron chi connectivity index (χ2n) is 8.95. The normalized spacial score (nSPS) is 14.0. The minimum atomic E-state index is -3.79. The Morgan fingerprint density at radius 1 is 0.886 bits per heavy atom. The number of anilines is 1. The first-order valence-corrected chi connectivity index (χ1v) is 13.0. The highest BCUT2D eigenvalue weighted by atomic mass is 35.5. The van der Waals surface area contributed by atoms with Gasteiger partial charge in [-0.1, -0.05) is 24.3 Å². The highest BCUT2D eigenvalue weighted by Gasteiger charge is 2.21. The summed E-state index contributed by atoms with van der Waals surface area (Å²) in [4.78, 5) is 2.49. The van der Waals surface area contributed by atoms with Crippen molar-refractivity contribution in [3.8, 4) is 22.6 Å². The quantitative estimate of drug-likeness (QED) is 0.455. The first kappa shape index (κ1) is 26.9. The average Bonchev–Trinajstić information content (AvgIpc) is 3.00. The van der Waals surface area contributed by atoms with Gasteiger partial charge in [-0.05, 0) is 92.4 Å². The molecular weight excluding hydrogens is 484 g/mol. The number of sulfonamides is 1. The molecule has 1 heterocycles. The number of rotatable bonds is 7. The van der Waals surface area contributed by atoms with Crippen LogP contribution in [0.25, 0.3) is 11.1 Å². The Morgan fingerprint density at radius 2 is 1.43 bits per heavy atom. The van der Waals surface area contributed by atoms with Gasteiger partial charge in [0, 0.05) is 13.1 Å². The third kappa shape index (κ3) is 6.48. The van der Waals surface area contributed by atoms with Crippen LogP contribution in [0, 0.1) is 0 Å². The van der Waals surface area contributed by atoms with Gasteiger partial charge in [0.2, 0.25) is 0 Å². The zero-order valence-electron chi connectivity index (χ0n) is 20.6. The predicted octanol–water partition coefficient (Wildman–Crippen LogP) is 5.40. The van der Waals surface area contributed by atoms with E-state index in [-0.39, 0.29) is 23.4 Å². The van der Waals surface area contributed by atoms with Gasteiger partial charge in [0.05, 0.1) is 23.8 Å². The lowest BCUT2D eigenvalue weighted by atomic mass is 10.0. The summed E-state index contributed by atoms with van der Waals surface area (Å²) in [6.07, 6.45) is 1.72. The molecule has 0 aromatic heterocycles. The van der Waals surface area contributed by atoms with Crippen LogP contribution < -0.4 is 14.2 Å². The van der Waals surface area contributed by atoms with Gasteiger partial charge >= 0.3 is 0 Å². The van der Waals surface area contributed by atoms with E-state index in [2.05, 4.69) is 16.7 Å². The van der Waals surface area contributed by atoms with Crippen molar-refractivity contribution in [1.29, 1.82) is 0 Å². The lowest BCUT2D eigenvalue weighted by Crippen LogP contribution is -2.20. The van der Waals surface area contributed by atoms with Gasteiger partial charge in [0.15, 0.2) is 0 Å². The largest absolute Gasteiger partial charge is 0.497 e. The van der Waals surface area contributed by atoms with Gasteiger partial charge in [-0.25, -0.2) is 8.42 Å². The number of likely N-dealkylation sites (N-methyl/N-ethyl adjacent to an activating group) is 1. The minimum Gasteiger partial charge on any atom is -0.497 e. The van der Waals surface area contributed by atoms with Crippen molar-refractivity contribution in [3.05, 3.63) is 71.8 Å². The molecule has 0 radical (unpaired) electrons. The van der Waals surface area contributed by atoms with Crippen LogP contribution in [0.5, 0.6) is 11.5 Å². The second kappa shape index (κ2) is 11.3. The molecule has 8 heteroatoms. The van der Waals surface area contributed by atoms with Crippen molar-refractivity contribution in [1.82, 2.24) is 4.90 Å². The molecular formula is C27H33ClN2O4S. The number of ether oxygens (including phenoxy) is 2. The van der Waals surface area contributed by atoms with E-state index in [0.717, 1.165) is 48.4 Å². The molecule has 6 nitrogen and oxygen atoms in total. The van der Waals surface area contributed by atoms with Gasteiger partial charge in [0.1, 0.15) is 11.5 Å². The van der Waals surface area contributed by atoms with E-state index in [0.29, 0.717) is 11.4 Å². The zero-order valence-corrected chi connectivity index (χ0v) is 22.2. The number of halogens is 1. The third-order valence-electron chi connectivity index (χ3n) is 6.02. The molecule has 0 spiro atoms. The third-order valence-corrected chi connectivity index (χ3v) is 7.40. The highest BCUT2D eigenvalue weighted by molar-refractivity contribution is 7.92. The lowest BCUT2D eigenvalue weighted by Gasteiger charge is -2.19. The van der Waals surface area contributed by atoms with Crippen LogP contribution in [0.4, 0.5) is 5.69 Å². The molecule has 1 N–H and O–H groups in total. The Balaban J connectivity index is 0.00000342. The van der Waals surface area contributed by atoms with E-state index in [1.165, 1.54) is 5.56 Å². The Hall–Kier alpha value is -2.74. The molecule has 3 aromatic carbocycles. The maximum atomic E-state index is 13.3. The Labute approximate surface area is 214 Å². The number of nitrogens with one attached hydrogen (secondary N) is 1. The molecule has 4 rings (SSSR count). The summed E-state index contributed by atoms with van der Waals surface area (Å²) < 4.78 is 40.5. The molecule has 1 aliphatic rings. The fourth-order valence-electron chi connectivity index (χ4n) is 4.11. The summed E-state index contributed by atoms with van der Waals surface area (Å²) in [6.45, 7) is 5.79. The molecule has 0 saturated carbocycles. The molecule has 0 atom stereocenters. The minimum absolute atomic E-state index is 0. The smallest absolute Gasteiger partial charge is 0.262 e. The number of benzene rings is 3. The molecule has 0 bridgehead atoms. The standard InChI is InChI=1S/C27H32N2O4S.ClH/c1-19(2)33-27-18-23-14-16-29(3)15-13-22(23)17-26(27)28-34(30,31)25-11-7-21(8-12-25)20-5-9-24(32-4)10-6-20;/h5-12,17-19,28H,13-16H2,1-4H3;1H. The Bertz CT molecular complexity index is 1240. The number of hydrogen-bond acceptors (Lipinski definition) is 5. The van der Waals surface area contributed by atoms with Gasteiger partial charge in [-0.2, -0.15) is 0 Å². The predicted molar refractivity (Wildman–Crippen MR) is 144 cm³/mol. The molecule has 3 aromatic rings. The number of nitrogens with zero attached hydrogens (tertiary/aromatic N) is 1. The summed E-state index contributed by atoms with van der Waals surface area (Å²) in [6, 6.07) is 18.5. The van der Waals surface area contributed by atoms with Gasteiger partial charge < -0.3 is 14.4 Å². The van der Waals surface area contributed by atoms with Crippen molar-refractivity contribution in [2.24, 2.45) is 0 Å². The summed E-state index contributed by atoms with van der Waals surface area (Å²) in [5, 5.41) is 0. The Kier molecular flexibility index (Phi) is 8.70. The summed E-state index contributed by atoms with van der Waals surface area (Å²) in [7, 11) is -0.0535. The molecule has 1 aliphatic heterocycles. The highest BCUT2D eigenvalue weighted by Crippen LogP contribution is 2.33. The topological polar surface area (TPSA) is 67.9 Å². The van der Waals surface area contributed by atoms with E-state index in [4.69, 9.17) is 9.47 Å². The monoisotopic (exact) mass is 516 g/mol. The second-order valence-corrected chi connectivity index (χ2v) is 10.6. The fourth-order valence-corrected chi connectivity index (χ4v) is 5.17. The summed E-state index contributed by atoms with van der Waals surface area (Å²) in [5.41, 5.74) is 4.77. The SMILES string of the molecule is COc1ccc(-c2ccc(S(=O)(=O)Nc3cc4c(cc3OC(C)C)CCN(C)CC4)cc2)cc1.Cl. The van der Waals surface area contributed by atoms with Crippen molar-refractivity contribution in [3.63, 3.8) is 0 Å². The number of hydrogen-bond donors (Lipinski definition) is 1. The van der Waals surface area contributed by atoms with Crippen molar-refractivity contribution >= 4 is 28.1 Å². The lowest BCUT2D eigenvalue weighted by molar-refractivity contribution is 0.243. The van der Waals surface area contributed by atoms with Crippen LogP contribution in [0.15, 0.2) is 65.6 Å². The van der Waals surface area contributed by atoms with E-state index in [1.54, 1.807) is 19.2 Å². The van der Waals surface area contributed by atoms with Crippen LogP contribution in [0.2, 0.25) is 0 Å². The van der Waals surface area contributed by atoms with E-state index in [9.17, 15) is 8.42 Å². The Morgan fingerprint density at radius 3 is 1.97 bits per heavy atom. The van der Waals surface area contributed by atoms with Gasteiger partial charge in [-0.3, -0.25) is 4.72 Å². The maximum Gasteiger partial charge on any atom is 0.262 e. The van der Waals surface area contributed by atoms with Crippen LogP contribution in [-0.4, -0.2) is 46.7 Å². The first-order valence-electron chi connectivity index (χ1n) is 11.5. The molecule has 0 unspecified atom stereocenters. The van der Waals surface area contributed by atoms with Crippen molar-refractivity contribution in [2.75, 3.05) is 32.0 Å².